The number of nitrogens with zero attached hydrogens (tertiary/aromatic N) is 4. The average molecular weight is 498 g/mol. The van der Waals surface area contributed by atoms with E-state index in [0.29, 0.717) is 24.8 Å². The number of carbonyl (C=O) groups is 1. The molecule has 4 aromatic rings. The van der Waals surface area contributed by atoms with Crippen LogP contribution in [0.1, 0.15) is 45.1 Å². The summed E-state index contributed by atoms with van der Waals surface area (Å²) in [4.78, 5) is 27.8. The van der Waals surface area contributed by atoms with Crippen molar-refractivity contribution in [2.45, 2.75) is 45.1 Å². The largest absolute Gasteiger partial charge is 0.444 e. The molecule has 0 spiro atoms. The highest BCUT2D eigenvalue weighted by Gasteiger charge is 2.28. The lowest BCUT2D eigenvalue weighted by atomic mass is 9.90. The van der Waals surface area contributed by atoms with Crippen molar-refractivity contribution in [1.29, 1.82) is 0 Å². The fourth-order valence-electron chi connectivity index (χ4n) is 4.43. The number of rotatable bonds is 5. The Kier molecular flexibility index (Phi) is 6.90. The van der Waals surface area contributed by atoms with E-state index in [1.54, 1.807) is 12.5 Å². The number of nitrogens with one attached hydrogen (secondary N) is 1. The molecule has 0 unspecified atom stereocenters. The number of para-hydroxylation sites is 1. The van der Waals surface area contributed by atoms with Gasteiger partial charge < -0.3 is 19.7 Å². The molecule has 0 bridgehead atoms. The second-order valence-corrected chi connectivity index (χ2v) is 10.2. The Bertz CT molecular complexity index is 1370. The first-order valence-corrected chi connectivity index (χ1v) is 12.5. The molecule has 2 aromatic carbocycles. The minimum Gasteiger partial charge on any atom is -0.444 e. The summed E-state index contributed by atoms with van der Waals surface area (Å²) in [5.41, 5.74) is 2.28. The Morgan fingerprint density at radius 1 is 1.03 bits per heavy atom. The van der Waals surface area contributed by atoms with E-state index in [0.717, 1.165) is 40.7 Å². The third-order valence-corrected chi connectivity index (χ3v) is 6.17. The monoisotopic (exact) mass is 497 g/mol. The molecule has 1 atom stereocenters. The topological polar surface area (TPSA) is 89.5 Å². The van der Waals surface area contributed by atoms with Crippen molar-refractivity contribution < 1.29 is 14.3 Å². The van der Waals surface area contributed by atoms with Gasteiger partial charge in [-0.15, -0.1) is 0 Å². The summed E-state index contributed by atoms with van der Waals surface area (Å²) in [7, 11) is 0. The van der Waals surface area contributed by atoms with Crippen LogP contribution in [0.4, 0.5) is 16.3 Å². The highest BCUT2D eigenvalue weighted by molar-refractivity contribution is 5.91. The number of amides is 1. The number of fused-ring (bicyclic) bond motifs is 1. The molecule has 1 fully saturated rings. The second kappa shape index (κ2) is 10.4. The molecule has 3 heterocycles. The van der Waals surface area contributed by atoms with Gasteiger partial charge in [0, 0.05) is 30.5 Å². The lowest BCUT2D eigenvalue weighted by molar-refractivity contribution is 0.0198. The maximum absolute atomic E-state index is 12.6. The predicted octanol–water partition coefficient (Wildman–Crippen LogP) is 6.68. The molecule has 37 heavy (non-hydrogen) atoms. The Hall–Kier alpha value is -4.20. The normalized spacial score (nSPS) is 15.9. The Balaban J connectivity index is 1.33. The highest BCUT2D eigenvalue weighted by atomic mass is 16.6. The SMILES string of the molecule is CC(C)(C)OC(=O)N1CCC[C@@H](c2ccc3ncnc(Nc4ccc(Oc5ccccc5)nc4)c3c2)C1. The molecule has 8 heteroatoms. The van der Waals surface area contributed by atoms with Gasteiger partial charge in [-0.1, -0.05) is 24.3 Å². The molecule has 1 aliphatic rings. The molecule has 1 aliphatic heterocycles. The molecule has 5 rings (SSSR count). The molecule has 8 nitrogen and oxygen atoms in total. The summed E-state index contributed by atoms with van der Waals surface area (Å²) in [5.74, 6) is 2.16. The maximum atomic E-state index is 12.6. The molecule has 2 aromatic heterocycles. The summed E-state index contributed by atoms with van der Waals surface area (Å²) < 4.78 is 11.4. The van der Waals surface area contributed by atoms with Gasteiger partial charge in [-0.3, -0.25) is 0 Å². The highest BCUT2D eigenvalue weighted by Crippen LogP contribution is 2.32. The van der Waals surface area contributed by atoms with Crippen molar-refractivity contribution in [3.8, 4) is 11.6 Å². The van der Waals surface area contributed by atoms with Crippen molar-refractivity contribution in [2.24, 2.45) is 0 Å². The van der Waals surface area contributed by atoms with Gasteiger partial charge in [0.1, 0.15) is 23.5 Å². The quantitative estimate of drug-likeness (QED) is 0.329. The van der Waals surface area contributed by atoms with Gasteiger partial charge in [0.05, 0.1) is 17.4 Å². The first kappa shape index (κ1) is 24.5. The van der Waals surface area contributed by atoms with E-state index in [4.69, 9.17) is 9.47 Å². The first-order valence-electron chi connectivity index (χ1n) is 12.5. The van der Waals surface area contributed by atoms with Gasteiger partial charge >= 0.3 is 6.09 Å². The molecular formula is C29H31N5O3. The Morgan fingerprint density at radius 2 is 1.86 bits per heavy atom. The molecule has 190 valence electrons. The van der Waals surface area contributed by atoms with Gasteiger partial charge in [-0.2, -0.15) is 0 Å². The van der Waals surface area contributed by atoms with Gasteiger partial charge in [0.25, 0.3) is 0 Å². The summed E-state index contributed by atoms with van der Waals surface area (Å²) in [6.45, 7) is 7.02. The maximum Gasteiger partial charge on any atom is 0.410 e. The number of likely N-dealkylation sites (tertiary alicyclic amines) is 1. The molecule has 0 aliphatic carbocycles. The van der Waals surface area contributed by atoms with Crippen LogP contribution in [0.5, 0.6) is 11.6 Å². The van der Waals surface area contributed by atoms with E-state index >= 15 is 0 Å². The van der Waals surface area contributed by atoms with Crippen molar-refractivity contribution in [2.75, 3.05) is 18.4 Å². The lowest BCUT2D eigenvalue weighted by Crippen LogP contribution is -2.42. The summed E-state index contributed by atoms with van der Waals surface area (Å²) >= 11 is 0. The minimum absolute atomic E-state index is 0.217. The number of hydrogen-bond acceptors (Lipinski definition) is 7. The Labute approximate surface area is 216 Å². The number of benzene rings is 2. The van der Waals surface area contributed by atoms with Gasteiger partial charge in [0.2, 0.25) is 5.88 Å². The molecule has 1 saturated heterocycles. The number of pyridine rings is 1. The molecule has 0 radical (unpaired) electrons. The van der Waals surface area contributed by atoms with Crippen LogP contribution in [0.3, 0.4) is 0 Å². The van der Waals surface area contributed by atoms with Gasteiger partial charge in [-0.05, 0) is 69.5 Å². The predicted molar refractivity (Wildman–Crippen MR) is 143 cm³/mol. The number of anilines is 2. The molecular weight excluding hydrogens is 466 g/mol. The molecule has 1 N–H and O–H groups in total. The Morgan fingerprint density at radius 3 is 2.62 bits per heavy atom. The standard InChI is InChI=1S/C29H31N5O3/c1-29(2,3)37-28(35)34-15-7-8-21(18-34)20-11-13-25-24(16-20)27(32-19-31-25)33-22-12-14-26(30-17-22)36-23-9-5-4-6-10-23/h4-6,9-14,16-17,19,21H,7-8,15,18H2,1-3H3,(H,31,32,33)/t21-/m1/s1. The van der Waals surface area contributed by atoms with Crippen LogP contribution in [0.2, 0.25) is 0 Å². The van der Waals surface area contributed by atoms with E-state index < -0.39 is 5.60 Å². The van der Waals surface area contributed by atoms with Gasteiger partial charge in [0.15, 0.2) is 0 Å². The van der Waals surface area contributed by atoms with E-state index in [9.17, 15) is 4.79 Å². The van der Waals surface area contributed by atoms with Crippen LogP contribution in [0.25, 0.3) is 10.9 Å². The zero-order valence-electron chi connectivity index (χ0n) is 21.3. The van der Waals surface area contributed by atoms with Crippen LogP contribution in [0.15, 0.2) is 73.2 Å². The number of piperidine rings is 1. The van der Waals surface area contributed by atoms with Crippen LogP contribution in [-0.2, 0) is 4.74 Å². The van der Waals surface area contributed by atoms with E-state index in [-0.39, 0.29) is 12.0 Å². The lowest BCUT2D eigenvalue weighted by Gasteiger charge is -2.34. The fraction of sp³-hybridized carbons (Fsp3) is 0.310. The number of ether oxygens (including phenoxy) is 2. The van der Waals surface area contributed by atoms with Crippen molar-refractivity contribution in [3.63, 3.8) is 0 Å². The third kappa shape index (κ3) is 6.14. The minimum atomic E-state index is -0.508. The van der Waals surface area contributed by atoms with Gasteiger partial charge in [-0.25, -0.2) is 19.7 Å². The number of aromatic nitrogens is 3. The van der Waals surface area contributed by atoms with Crippen LogP contribution in [0, 0.1) is 0 Å². The summed E-state index contributed by atoms with van der Waals surface area (Å²) in [5, 5.41) is 4.28. The van der Waals surface area contributed by atoms with Crippen LogP contribution < -0.4 is 10.1 Å². The van der Waals surface area contributed by atoms with Crippen molar-refractivity contribution in [3.05, 3.63) is 78.8 Å². The number of hydrogen-bond donors (Lipinski definition) is 1. The van der Waals surface area contributed by atoms with Crippen LogP contribution in [-0.4, -0.2) is 44.6 Å². The fourth-order valence-corrected chi connectivity index (χ4v) is 4.43. The second-order valence-electron chi connectivity index (χ2n) is 10.2. The average Bonchev–Trinajstić information content (AvgIpc) is 2.89. The summed E-state index contributed by atoms with van der Waals surface area (Å²) in [6, 6.07) is 19.5. The van der Waals surface area contributed by atoms with E-state index in [1.165, 1.54) is 0 Å². The zero-order chi connectivity index (χ0) is 25.8. The van der Waals surface area contributed by atoms with E-state index in [2.05, 4.69) is 32.4 Å². The molecule has 0 saturated carbocycles. The van der Waals surface area contributed by atoms with Crippen molar-refractivity contribution >= 4 is 28.5 Å². The molecule has 1 amide bonds. The van der Waals surface area contributed by atoms with E-state index in [1.807, 2.05) is 74.2 Å². The first-order chi connectivity index (χ1) is 17.8. The number of carbonyl (C=O) groups excluding carboxylic acids is 1. The smallest absolute Gasteiger partial charge is 0.410 e. The third-order valence-electron chi connectivity index (χ3n) is 6.17. The van der Waals surface area contributed by atoms with Crippen molar-refractivity contribution in [1.82, 2.24) is 19.9 Å². The van der Waals surface area contributed by atoms with Crippen LogP contribution >= 0.6 is 0 Å². The zero-order valence-corrected chi connectivity index (χ0v) is 21.3. The summed E-state index contributed by atoms with van der Waals surface area (Å²) in [6.07, 6.45) is 4.96.